The molecule has 1 aromatic carbocycles. The molecule has 2 aromatic heterocycles. The Hall–Kier alpha value is -3.95. The van der Waals surface area contributed by atoms with E-state index < -0.39 is 4.92 Å². The number of nitrogens with zero attached hydrogens (tertiary/aromatic N) is 6. The molecule has 0 atom stereocenters. The summed E-state index contributed by atoms with van der Waals surface area (Å²) in [6, 6.07) is 10.8. The summed E-state index contributed by atoms with van der Waals surface area (Å²) in [6.45, 7) is 0. The molecule has 0 unspecified atom stereocenters. The smallest absolute Gasteiger partial charge is 0.269 e. The number of benzene rings is 1. The molecule has 0 amide bonds. The Bertz CT molecular complexity index is 919. The van der Waals surface area contributed by atoms with E-state index >= 15 is 0 Å². The third-order valence-corrected chi connectivity index (χ3v) is 3.16. The molecule has 3 rings (SSSR count). The van der Waals surface area contributed by atoms with Gasteiger partial charge in [0.1, 0.15) is 5.69 Å². The number of nitro benzene ring substituents is 1. The lowest BCUT2D eigenvalue weighted by molar-refractivity contribution is -0.384. The molecule has 0 spiro atoms. The third kappa shape index (κ3) is 3.52. The first-order chi connectivity index (χ1) is 12.0. The standard InChI is InChI=1S/C15H12N8O2/c16-13-12(22-21-9-4-6-10(7-5-9)23(24)25)14(17)20-15(19-13)11-3-1-2-8-18-11/h1-8H,(H4,16,17,19,20)/b22-21+. The molecule has 2 heterocycles. The first kappa shape index (κ1) is 15.9. The van der Waals surface area contributed by atoms with Crippen LogP contribution in [0.1, 0.15) is 0 Å². The van der Waals surface area contributed by atoms with Crippen LogP contribution >= 0.6 is 0 Å². The number of non-ortho nitro benzene ring substituents is 1. The maximum Gasteiger partial charge on any atom is 0.269 e. The molecule has 0 fully saturated rings. The van der Waals surface area contributed by atoms with Gasteiger partial charge in [-0.05, 0) is 24.3 Å². The predicted molar refractivity (Wildman–Crippen MR) is 91.4 cm³/mol. The predicted octanol–water partition coefficient (Wildman–Crippen LogP) is 3.03. The van der Waals surface area contributed by atoms with Crippen LogP contribution < -0.4 is 11.5 Å². The molecule has 0 saturated heterocycles. The number of nitro groups is 1. The molecule has 124 valence electrons. The van der Waals surface area contributed by atoms with Crippen molar-refractivity contribution in [1.29, 1.82) is 0 Å². The van der Waals surface area contributed by atoms with Gasteiger partial charge in [0.2, 0.25) is 0 Å². The quantitative estimate of drug-likeness (QED) is 0.420. The van der Waals surface area contributed by atoms with Gasteiger partial charge in [0, 0.05) is 18.3 Å². The molecule has 0 aliphatic carbocycles. The van der Waals surface area contributed by atoms with Crippen molar-refractivity contribution in [3.63, 3.8) is 0 Å². The summed E-state index contributed by atoms with van der Waals surface area (Å²) in [5.41, 5.74) is 12.8. The van der Waals surface area contributed by atoms with Crippen molar-refractivity contribution in [2.24, 2.45) is 10.2 Å². The zero-order valence-corrected chi connectivity index (χ0v) is 12.8. The fourth-order valence-corrected chi connectivity index (χ4v) is 1.95. The number of azo groups is 1. The molecular weight excluding hydrogens is 324 g/mol. The van der Waals surface area contributed by atoms with Gasteiger partial charge < -0.3 is 11.5 Å². The van der Waals surface area contributed by atoms with Crippen LogP contribution in [0.2, 0.25) is 0 Å². The van der Waals surface area contributed by atoms with E-state index in [2.05, 4.69) is 25.2 Å². The highest BCUT2D eigenvalue weighted by molar-refractivity contribution is 5.73. The van der Waals surface area contributed by atoms with Crippen LogP contribution in [0, 0.1) is 10.1 Å². The zero-order valence-electron chi connectivity index (χ0n) is 12.8. The summed E-state index contributed by atoms with van der Waals surface area (Å²) in [4.78, 5) is 22.5. The summed E-state index contributed by atoms with van der Waals surface area (Å²) < 4.78 is 0. The Labute approximate surface area is 141 Å². The Morgan fingerprint density at radius 3 is 2.20 bits per heavy atom. The molecule has 0 saturated carbocycles. The van der Waals surface area contributed by atoms with E-state index in [4.69, 9.17) is 11.5 Å². The van der Waals surface area contributed by atoms with Gasteiger partial charge in [-0.1, -0.05) is 6.07 Å². The Balaban J connectivity index is 1.89. The molecular formula is C15H12N8O2. The lowest BCUT2D eigenvalue weighted by Crippen LogP contribution is -2.02. The third-order valence-electron chi connectivity index (χ3n) is 3.16. The highest BCUT2D eigenvalue weighted by atomic mass is 16.6. The van der Waals surface area contributed by atoms with Gasteiger partial charge in [0.15, 0.2) is 23.1 Å². The van der Waals surface area contributed by atoms with Crippen molar-refractivity contribution < 1.29 is 4.92 Å². The fraction of sp³-hybridized carbons (Fsp3) is 0. The van der Waals surface area contributed by atoms with Gasteiger partial charge in [-0.3, -0.25) is 15.1 Å². The van der Waals surface area contributed by atoms with Crippen LogP contribution in [0.4, 0.5) is 28.7 Å². The number of pyridine rings is 1. The molecule has 4 N–H and O–H groups in total. The minimum Gasteiger partial charge on any atom is -0.382 e. The van der Waals surface area contributed by atoms with Crippen molar-refractivity contribution >= 4 is 28.7 Å². The minimum atomic E-state index is -0.499. The van der Waals surface area contributed by atoms with Gasteiger partial charge in [-0.25, -0.2) is 9.97 Å². The van der Waals surface area contributed by atoms with Crippen LogP contribution in [0.25, 0.3) is 11.5 Å². The molecule has 0 bridgehead atoms. The van der Waals surface area contributed by atoms with E-state index in [0.29, 0.717) is 11.4 Å². The molecule has 10 heteroatoms. The van der Waals surface area contributed by atoms with Crippen molar-refractivity contribution in [1.82, 2.24) is 15.0 Å². The maximum atomic E-state index is 10.6. The number of hydrogen-bond donors (Lipinski definition) is 2. The first-order valence-corrected chi connectivity index (χ1v) is 7.05. The van der Waals surface area contributed by atoms with Gasteiger partial charge >= 0.3 is 0 Å². The Kier molecular flexibility index (Phi) is 4.24. The Morgan fingerprint density at radius 1 is 0.960 bits per heavy atom. The normalized spacial score (nSPS) is 10.9. The highest BCUT2D eigenvalue weighted by Crippen LogP contribution is 2.30. The minimum absolute atomic E-state index is 0.0407. The maximum absolute atomic E-state index is 10.6. The van der Waals surface area contributed by atoms with E-state index in [1.165, 1.54) is 24.3 Å². The molecule has 3 aromatic rings. The summed E-state index contributed by atoms with van der Waals surface area (Å²) in [5, 5.41) is 18.5. The van der Waals surface area contributed by atoms with E-state index in [-0.39, 0.29) is 28.8 Å². The van der Waals surface area contributed by atoms with Crippen LogP contribution in [0.3, 0.4) is 0 Å². The first-order valence-electron chi connectivity index (χ1n) is 7.05. The van der Waals surface area contributed by atoms with Gasteiger partial charge in [-0.2, -0.15) is 5.11 Å². The number of nitrogen functional groups attached to an aromatic ring is 2. The second kappa shape index (κ2) is 6.66. The average Bonchev–Trinajstić information content (AvgIpc) is 2.62. The summed E-state index contributed by atoms with van der Waals surface area (Å²) in [6.07, 6.45) is 1.60. The number of aromatic nitrogens is 3. The number of rotatable bonds is 4. The van der Waals surface area contributed by atoms with E-state index in [9.17, 15) is 10.1 Å². The lowest BCUT2D eigenvalue weighted by atomic mass is 10.3. The van der Waals surface area contributed by atoms with Crippen LogP contribution in [0.15, 0.2) is 58.9 Å². The lowest BCUT2D eigenvalue weighted by Gasteiger charge is -2.05. The summed E-state index contributed by atoms with van der Waals surface area (Å²) in [7, 11) is 0. The number of nitrogens with two attached hydrogens (primary N) is 2. The van der Waals surface area contributed by atoms with E-state index in [1.807, 2.05) is 0 Å². The van der Waals surface area contributed by atoms with Gasteiger partial charge in [0.05, 0.1) is 10.6 Å². The van der Waals surface area contributed by atoms with Crippen molar-refractivity contribution in [3.8, 4) is 11.5 Å². The molecule has 0 radical (unpaired) electrons. The second-order valence-corrected chi connectivity index (χ2v) is 4.85. The fourth-order valence-electron chi connectivity index (χ4n) is 1.95. The van der Waals surface area contributed by atoms with Crippen molar-refractivity contribution in [3.05, 3.63) is 58.8 Å². The van der Waals surface area contributed by atoms with Crippen molar-refractivity contribution in [2.45, 2.75) is 0 Å². The molecule has 0 aliphatic rings. The SMILES string of the molecule is Nc1nc(-c2ccccn2)nc(N)c1/N=N/c1ccc([N+](=O)[O-])cc1. The summed E-state index contributed by atoms with van der Waals surface area (Å²) >= 11 is 0. The van der Waals surface area contributed by atoms with Crippen LogP contribution in [-0.2, 0) is 0 Å². The van der Waals surface area contributed by atoms with Crippen LogP contribution in [0.5, 0.6) is 0 Å². The van der Waals surface area contributed by atoms with Crippen molar-refractivity contribution in [2.75, 3.05) is 11.5 Å². The topological polar surface area (TPSA) is 159 Å². The van der Waals surface area contributed by atoms with E-state index in [0.717, 1.165) is 0 Å². The van der Waals surface area contributed by atoms with E-state index in [1.54, 1.807) is 24.4 Å². The number of hydrogen-bond acceptors (Lipinski definition) is 9. The second-order valence-electron chi connectivity index (χ2n) is 4.85. The molecule has 0 aliphatic heterocycles. The zero-order chi connectivity index (χ0) is 17.8. The monoisotopic (exact) mass is 336 g/mol. The molecule has 25 heavy (non-hydrogen) atoms. The highest BCUT2D eigenvalue weighted by Gasteiger charge is 2.12. The average molecular weight is 336 g/mol. The Morgan fingerprint density at radius 2 is 1.64 bits per heavy atom. The number of anilines is 2. The van der Waals surface area contributed by atoms with Gasteiger partial charge in [-0.15, -0.1) is 5.11 Å². The molecule has 10 nitrogen and oxygen atoms in total. The van der Waals surface area contributed by atoms with Crippen LogP contribution in [-0.4, -0.2) is 19.9 Å². The largest absolute Gasteiger partial charge is 0.382 e. The van der Waals surface area contributed by atoms with Gasteiger partial charge in [0.25, 0.3) is 5.69 Å². The summed E-state index contributed by atoms with van der Waals surface area (Å²) in [5.74, 6) is 0.391.